The molecule has 15 heavy (non-hydrogen) atoms. The zero-order valence-corrected chi connectivity index (χ0v) is 9.61. The van der Waals surface area contributed by atoms with Crippen LogP contribution in [0.25, 0.3) is 0 Å². The van der Waals surface area contributed by atoms with Crippen molar-refractivity contribution in [1.29, 1.82) is 0 Å². The molecule has 2 atom stereocenters. The van der Waals surface area contributed by atoms with Gasteiger partial charge in [0.05, 0.1) is 6.04 Å². The van der Waals surface area contributed by atoms with E-state index in [-0.39, 0.29) is 18.5 Å². The Hall–Kier alpha value is -0.810. The van der Waals surface area contributed by atoms with E-state index >= 15 is 0 Å². The summed E-state index contributed by atoms with van der Waals surface area (Å²) in [6, 6.07) is -0.131. The molecule has 5 heteroatoms. The maximum Gasteiger partial charge on any atom is 0.156 e. The summed E-state index contributed by atoms with van der Waals surface area (Å²) in [4.78, 5) is 0. The van der Waals surface area contributed by atoms with E-state index in [2.05, 4.69) is 17.4 Å². The predicted octanol–water partition coefficient (Wildman–Crippen LogP) is 0.510. The van der Waals surface area contributed by atoms with Crippen molar-refractivity contribution in [3.05, 3.63) is 0 Å². The second kappa shape index (κ2) is 8.49. The highest BCUT2D eigenvalue weighted by Gasteiger charge is 2.11. The van der Waals surface area contributed by atoms with Crippen molar-refractivity contribution in [2.45, 2.75) is 39.2 Å². The molecule has 0 saturated heterocycles. The molecule has 5 N–H and O–H groups in total. The van der Waals surface area contributed by atoms with Crippen LogP contribution in [0.3, 0.4) is 0 Å². The van der Waals surface area contributed by atoms with Crippen LogP contribution in [0.15, 0.2) is 5.16 Å². The molecule has 0 rings (SSSR count). The molecule has 0 amide bonds. The van der Waals surface area contributed by atoms with Crippen LogP contribution in [-0.2, 0) is 0 Å². The lowest BCUT2D eigenvalue weighted by molar-refractivity contribution is 0.247. The minimum absolute atomic E-state index is 0.131. The first-order valence-electron chi connectivity index (χ1n) is 5.47. The van der Waals surface area contributed by atoms with Crippen LogP contribution in [-0.4, -0.2) is 35.3 Å². The van der Waals surface area contributed by atoms with E-state index in [0.29, 0.717) is 5.92 Å². The van der Waals surface area contributed by atoms with Crippen LogP contribution in [0, 0.1) is 5.92 Å². The number of aliphatic hydroxyl groups excluding tert-OH is 1. The van der Waals surface area contributed by atoms with Crippen LogP contribution in [0.5, 0.6) is 0 Å². The Morgan fingerprint density at radius 3 is 2.60 bits per heavy atom. The van der Waals surface area contributed by atoms with Crippen molar-refractivity contribution in [3.63, 3.8) is 0 Å². The lowest BCUT2D eigenvalue weighted by atomic mass is 10.00. The van der Waals surface area contributed by atoms with E-state index in [1.165, 1.54) is 0 Å². The number of hydrogen-bond donors (Lipinski definition) is 4. The predicted molar refractivity (Wildman–Crippen MR) is 61.0 cm³/mol. The molecule has 0 aliphatic rings. The Morgan fingerprint density at radius 1 is 1.47 bits per heavy atom. The summed E-state index contributed by atoms with van der Waals surface area (Å²) >= 11 is 0. The lowest BCUT2D eigenvalue weighted by Gasteiger charge is -2.18. The third-order valence-corrected chi connectivity index (χ3v) is 2.51. The molecular formula is C10H23N3O2. The standard InChI is InChI=1S/C10H23N3O2/c1-3-4-9(5-6-14)7-12-8(2)10(11)13-15/h8-9,12,14-15H,3-7H2,1-2H3,(H2,11,13). The van der Waals surface area contributed by atoms with Crippen molar-refractivity contribution >= 4 is 5.84 Å². The van der Waals surface area contributed by atoms with Crippen LogP contribution in [0.2, 0.25) is 0 Å². The van der Waals surface area contributed by atoms with Crippen molar-refractivity contribution in [3.8, 4) is 0 Å². The van der Waals surface area contributed by atoms with Gasteiger partial charge in [0, 0.05) is 6.61 Å². The quantitative estimate of drug-likeness (QED) is 0.206. The second-order valence-electron chi connectivity index (χ2n) is 3.82. The zero-order valence-electron chi connectivity index (χ0n) is 9.61. The number of aliphatic hydroxyl groups is 1. The SMILES string of the molecule is CCCC(CCO)CNC(C)C(N)=NO. The summed E-state index contributed by atoms with van der Waals surface area (Å²) in [5.41, 5.74) is 5.44. The highest BCUT2D eigenvalue weighted by atomic mass is 16.4. The van der Waals surface area contributed by atoms with Gasteiger partial charge in [-0.3, -0.25) is 0 Å². The molecule has 5 nitrogen and oxygen atoms in total. The Morgan fingerprint density at radius 2 is 2.13 bits per heavy atom. The Balaban J connectivity index is 3.87. The van der Waals surface area contributed by atoms with E-state index in [4.69, 9.17) is 16.0 Å². The van der Waals surface area contributed by atoms with Crippen LogP contribution in [0.1, 0.15) is 33.1 Å². The molecule has 0 heterocycles. The Labute approximate surface area is 91.4 Å². The maximum absolute atomic E-state index is 8.87. The van der Waals surface area contributed by atoms with Gasteiger partial charge in [-0.25, -0.2) is 0 Å². The second-order valence-corrected chi connectivity index (χ2v) is 3.82. The molecular weight excluding hydrogens is 194 g/mol. The third kappa shape index (κ3) is 6.30. The van der Waals surface area contributed by atoms with Gasteiger partial charge >= 0.3 is 0 Å². The van der Waals surface area contributed by atoms with Crippen LogP contribution < -0.4 is 11.1 Å². The Bertz CT molecular complexity index is 180. The number of nitrogens with one attached hydrogen (secondary N) is 1. The topological polar surface area (TPSA) is 90.9 Å². The van der Waals surface area contributed by atoms with Crippen molar-refractivity contribution in [2.75, 3.05) is 13.2 Å². The molecule has 0 aromatic rings. The fraction of sp³-hybridized carbons (Fsp3) is 0.900. The number of oxime groups is 1. The third-order valence-electron chi connectivity index (χ3n) is 2.51. The summed E-state index contributed by atoms with van der Waals surface area (Å²) in [6.45, 7) is 4.96. The highest BCUT2D eigenvalue weighted by molar-refractivity contribution is 5.84. The van der Waals surface area contributed by atoms with Crippen LogP contribution >= 0.6 is 0 Å². The van der Waals surface area contributed by atoms with E-state index in [1.54, 1.807) is 0 Å². The molecule has 0 fully saturated rings. The first-order valence-corrected chi connectivity index (χ1v) is 5.47. The van der Waals surface area contributed by atoms with Crippen molar-refractivity contribution in [2.24, 2.45) is 16.8 Å². The van der Waals surface area contributed by atoms with Gasteiger partial charge in [-0.05, 0) is 32.2 Å². The monoisotopic (exact) mass is 217 g/mol. The number of nitrogens with zero attached hydrogens (tertiary/aromatic N) is 1. The summed E-state index contributed by atoms with van der Waals surface area (Å²) < 4.78 is 0. The van der Waals surface area contributed by atoms with E-state index in [1.807, 2.05) is 6.92 Å². The molecule has 0 radical (unpaired) electrons. The van der Waals surface area contributed by atoms with E-state index in [9.17, 15) is 0 Å². The minimum atomic E-state index is -0.131. The van der Waals surface area contributed by atoms with Gasteiger partial charge in [-0.15, -0.1) is 0 Å². The number of nitrogens with two attached hydrogens (primary N) is 1. The first kappa shape index (κ1) is 14.2. The molecule has 90 valence electrons. The lowest BCUT2D eigenvalue weighted by Crippen LogP contribution is -2.41. The average molecular weight is 217 g/mol. The molecule has 0 bridgehead atoms. The first-order chi connectivity index (χ1) is 7.15. The smallest absolute Gasteiger partial charge is 0.156 e. The maximum atomic E-state index is 8.87. The van der Waals surface area contributed by atoms with Gasteiger partial charge in [0.15, 0.2) is 5.84 Å². The van der Waals surface area contributed by atoms with Gasteiger partial charge in [-0.1, -0.05) is 18.5 Å². The van der Waals surface area contributed by atoms with Gasteiger partial charge in [-0.2, -0.15) is 0 Å². The normalized spacial score (nSPS) is 16.3. The fourth-order valence-corrected chi connectivity index (χ4v) is 1.47. The molecule has 0 saturated carbocycles. The minimum Gasteiger partial charge on any atom is -0.409 e. The number of rotatable bonds is 8. The van der Waals surface area contributed by atoms with E-state index in [0.717, 1.165) is 25.8 Å². The van der Waals surface area contributed by atoms with Crippen molar-refractivity contribution in [1.82, 2.24) is 5.32 Å². The molecule has 0 aliphatic heterocycles. The summed E-state index contributed by atoms with van der Waals surface area (Å²) in [5, 5.41) is 23.4. The van der Waals surface area contributed by atoms with Crippen molar-refractivity contribution < 1.29 is 10.3 Å². The summed E-state index contributed by atoms with van der Waals surface area (Å²) in [6.07, 6.45) is 2.98. The Kier molecular flexibility index (Phi) is 8.04. The molecule has 2 unspecified atom stereocenters. The van der Waals surface area contributed by atoms with Gasteiger partial charge in [0.2, 0.25) is 0 Å². The molecule has 0 aliphatic carbocycles. The van der Waals surface area contributed by atoms with Gasteiger partial charge in [0.25, 0.3) is 0 Å². The largest absolute Gasteiger partial charge is 0.409 e. The fourth-order valence-electron chi connectivity index (χ4n) is 1.47. The highest BCUT2D eigenvalue weighted by Crippen LogP contribution is 2.09. The van der Waals surface area contributed by atoms with Gasteiger partial charge < -0.3 is 21.4 Å². The summed E-state index contributed by atoms with van der Waals surface area (Å²) in [5.74, 6) is 0.642. The molecule has 0 aromatic carbocycles. The summed E-state index contributed by atoms with van der Waals surface area (Å²) in [7, 11) is 0. The van der Waals surface area contributed by atoms with Gasteiger partial charge in [0.1, 0.15) is 0 Å². The van der Waals surface area contributed by atoms with Crippen LogP contribution in [0.4, 0.5) is 0 Å². The van der Waals surface area contributed by atoms with E-state index < -0.39 is 0 Å². The number of hydrogen-bond acceptors (Lipinski definition) is 4. The number of amidine groups is 1. The zero-order chi connectivity index (χ0) is 11.7. The molecule has 0 aromatic heterocycles. The average Bonchev–Trinajstić information content (AvgIpc) is 2.25. The molecule has 0 spiro atoms.